The van der Waals surface area contributed by atoms with Crippen LogP contribution < -0.4 is 11.2 Å². The smallest absolute Gasteiger partial charge is 0.297 e. The zero-order valence-electron chi connectivity index (χ0n) is 11.9. The van der Waals surface area contributed by atoms with Gasteiger partial charge in [0.2, 0.25) is 0 Å². The highest BCUT2D eigenvalue weighted by molar-refractivity contribution is 6.30. The fourth-order valence-electron chi connectivity index (χ4n) is 2.20. The predicted molar refractivity (Wildman–Crippen MR) is 77.9 cm³/mol. The van der Waals surface area contributed by atoms with E-state index in [1.165, 1.54) is 0 Å². The van der Waals surface area contributed by atoms with E-state index in [9.17, 15) is 9.59 Å². The Bertz CT molecular complexity index is 755. The van der Waals surface area contributed by atoms with E-state index < -0.39 is 11.2 Å². The van der Waals surface area contributed by atoms with Crippen molar-refractivity contribution in [2.45, 2.75) is 33.1 Å². The number of aromatic amines is 1. The highest BCUT2D eigenvalue weighted by Gasteiger charge is 2.19. The lowest BCUT2D eigenvalue weighted by molar-refractivity contribution is 0.746. The monoisotopic (exact) mass is 296 g/mol. The zero-order valence-corrected chi connectivity index (χ0v) is 12.7. The third-order valence-corrected chi connectivity index (χ3v) is 3.42. The van der Waals surface area contributed by atoms with Crippen LogP contribution in [0.3, 0.4) is 0 Å². The van der Waals surface area contributed by atoms with Crippen molar-refractivity contribution in [3.05, 3.63) is 43.4 Å². The molecule has 2 rings (SSSR count). The number of nitrogens with zero attached hydrogens (tertiary/aromatic N) is 3. The molecule has 0 saturated heterocycles. The molecule has 1 N–H and O–H groups in total. The van der Waals surface area contributed by atoms with Crippen molar-refractivity contribution in [3.8, 4) is 5.69 Å². The summed E-state index contributed by atoms with van der Waals surface area (Å²) >= 11 is 5.98. The molecule has 0 spiro atoms. The Hall–Kier alpha value is -1.82. The summed E-state index contributed by atoms with van der Waals surface area (Å²) in [7, 11) is 1.75. The highest BCUT2D eigenvalue weighted by atomic mass is 35.5. The summed E-state index contributed by atoms with van der Waals surface area (Å²) in [5.74, 6) is -0.0835. The van der Waals surface area contributed by atoms with Gasteiger partial charge in [-0.1, -0.05) is 32.4 Å². The van der Waals surface area contributed by atoms with Crippen LogP contribution in [0.15, 0.2) is 15.8 Å². The van der Waals surface area contributed by atoms with Crippen LogP contribution in [0, 0.1) is 0 Å². The highest BCUT2D eigenvalue weighted by Crippen LogP contribution is 2.18. The molecule has 2 heterocycles. The van der Waals surface area contributed by atoms with Crippen LogP contribution in [0.25, 0.3) is 5.69 Å². The molecule has 20 heavy (non-hydrogen) atoms. The van der Waals surface area contributed by atoms with E-state index in [2.05, 4.69) is 10.1 Å². The second-order valence-corrected chi connectivity index (χ2v) is 5.32. The molecule has 0 saturated carbocycles. The second-order valence-electron chi connectivity index (χ2n) is 4.94. The summed E-state index contributed by atoms with van der Waals surface area (Å²) in [4.78, 5) is 27.2. The topological polar surface area (TPSA) is 72.7 Å². The lowest BCUT2D eigenvalue weighted by Crippen LogP contribution is -2.36. The van der Waals surface area contributed by atoms with Gasteiger partial charge in [-0.2, -0.15) is 5.10 Å². The van der Waals surface area contributed by atoms with Gasteiger partial charge in [-0.25, -0.2) is 9.36 Å². The van der Waals surface area contributed by atoms with E-state index >= 15 is 0 Å². The lowest BCUT2D eigenvalue weighted by Gasteiger charge is -2.10. The van der Waals surface area contributed by atoms with E-state index in [-0.39, 0.29) is 11.1 Å². The Morgan fingerprint density at radius 1 is 1.40 bits per heavy atom. The van der Waals surface area contributed by atoms with Crippen LogP contribution in [0.4, 0.5) is 0 Å². The number of H-pyrrole nitrogens is 1. The van der Waals surface area contributed by atoms with Gasteiger partial charge in [-0.3, -0.25) is 14.5 Å². The fourth-order valence-corrected chi connectivity index (χ4v) is 2.58. The number of hydrogen-bond acceptors (Lipinski definition) is 3. The Kier molecular flexibility index (Phi) is 3.85. The molecule has 0 bridgehead atoms. The van der Waals surface area contributed by atoms with Gasteiger partial charge in [0.1, 0.15) is 5.15 Å². The minimum absolute atomic E-state index is 0.0835. The first-order valence-corrected chi connectivity index (χ1v) is 6.82. The molecule has 0 aliphatic heterocycles. The lowest BCUT2D eigenvalue weighted by atomic mass is 10.1. The van der Waals surface area contributed by atoms with Crippen molar-refractivity contribution in [1.29, 1.82) is 0 Å². The summed E-state index contributed by atoms with van der Waals surface area (Å²) < 4.78 is 2.69. The van der Waals surface area contributed by atoms with Gasteiger partial charge < -0.3 is 0 Å². The van der Waals surface area contributed by atoms with Gasteiger partial charge in [0.25, 0.3) is 5.56 Å². The molecule has 108 valence electrons. The van der Waals surface area contributed by atoms with E-state index in [0.29, 0.717) is 23.4 Å². The van der Waals surface area contributed by atoms with E-state index in [0.717, 1.165) is 4.57 Å². The molecule has 0 aliphatic carbocycles. The number of hydrogen-bond donors (Lipinski definition) is 1. The largest absolute Gasteiger partial charge is 0.334 e. The van der Waals surface area contributed by atoms with Gasteiger partial charge in [-0.05, 0) is 12.3 Å². The molecular weight excluding hydrogens is 280 g/mol. The number of halogens is 1. The van der Waals surface area contributed by atoms with Gasteiger partial charge >= 0.3 is 5.69 Å². The Labute approximate surface area is 121 Å². The number of rotatable bonds is 3. The first-order chi connectivity index (χ1) is 9.36. The molecule has 0 amide bonds. The quantitative estimate of drug-likeness (QED) is 0.874. The molecule has 2 aromatic heterocycles. The van der Waals surface area contributed by atoms with Crippen LogP contribution in [0.1, 0.15) is 37.9 Å². The summed E-state index contributed by atoms with van der Waals surface area (Å²) in [6.07, 6.45) is 2.29. The standard InChI is InChI=1S/C13H17ClN4O2/c1-5-8-9(6-17(4)16-8)18-12(19)10(7(2)3)11(14)15-13(18)20/h6-7H,5H2,1-4H3,(H,15,20). The predicted octanol–water partition coefficient (Wildman–Crippen LogP) is 1.60. The normalized spacial score (nSPS) is 11.3. The Balaban J connectivity index is 2.84. The van der Waals surface area contributed by atoms with E-state index in [1.807, 2.05) is 20.8 Å². The maximum atomic E-state index is 12.6. The van der Waals surface area contributed by atoms with Gasteiger partial charge in [-0.15, -0.1) is 0 Å². The van der Waals surface area contributed by atoms with Gasteiger partial charge in [0.15, 0.2) is 0 Å². The first-order valence-electron chi connectivity index (χ1n) is 6.44. The molecule has 0 aliphatic rings. The minimum Gasteiger partial charge on any atom is -0.297 e. The van der Waals surface area contributed by atoms with Crippen LogP contribution in [0.2, 0.25) is 5.15 Å². The maximum Gasteiger partial charge on any atom is 0.334 e. The summed E-state index contributed by atoms with van der Waals surface area (Å²) in [6.45, 7) is 5.63. The molecule has 0 unspecified atom stereocenters. The minimum atomic E-state index is -0.549. The molecular formula is C13H17ClN4O2. The summed E-state index contributed by atoms with van der Waals surface area (Å²) in [5, 5.41) is 4.36. The van der Waals surface area contributed by atoms with Crippen molar-refractivity contribution >= 4 is 11.6 Å². The summed E-state index contributed by atoms with van der Waals surface area (Å²) in [5.41, 5.74) is 0.651. The average molecular weight is 297 g/mol. The molecule has 2 aromatic rings. The van der Waals surface area contributed by atoms with E-state index in [4.69, 9.17) is 11.6 Å². The van der Waals surface area contributed by atoms with Crippen LogP contribution in [0.5, 0.6) is 0 Å². The SMILES string of the molecule is CCc1nn(C)cc1-n1c(=O)[nH]c(Cl)c(C(C)C)c1=O. The first kappa shape index (κ1) is 14.6. The number of aromatic nitrogens is 4. The van der Waals surface area contributed by atoms with Gasteiger partial charge in [0.05, 0.1) is 16.9 Å². The van der Waals surface area contributed by atoms with Crippen LogP contribution in [-0.4, -0.2) is 19.3 Å². The van der Waals surface area contributed by atoms with Crippen molar-refractivity contribution < 1.29 is 0 Å². The third kappa shape index (κ3) is 2.31. The Morgan fingerprint density at radius 2 is 2.05 bits per heavy atom. The second kappa shape index (κ2) is 5.28. The molecule has 7 heteroatoms. The summed E-state index contributed by atoms with van der Waals surface area (Å²) in [6, 6.07) is 0. The number of nitrogens with one attached hydrogen (secondary N) is 1. The fraction of sp³-hybridized carbons (Fsp3) is 0.462. The van der Waals surface area contributed by atoms with Gasteiger partial charge in [0, 0.05) is 13.2 Å². The molecule has 0 atom stereocenters. The molecule has 0 radical (unpaired) electrons. The van der Waals surface area contributed by atoms with Crippen LogP contribution in [-0.2, 0) is 13.5 Å². The van der Waals surface area contributed by atoms with Crippen molar-refractivity contribution in [2.24, 2.45) is 7.05 Å². The Morgan fingerprint density at radius 3 is 2.60 bits per heavy atom. The third-order valence-electron chi connectivity index (χ3n) is 3.13. The van der Waals surface area contributed by atoms with Crippen molar-refractivity contribution in [2.75, 3.05) is 0 Å². The van der Waals surface area contributed by atoms with E-state index in [1.54, 1.807) is 17.9 Å². The molecule has 6 nitrogen and oxygen atoms in total. The molecule has 0 fully saturated rings. The number of aryl methyl sites for hydroxylation is 2. The molecule has 0 aromatic carbocycles. The zero-order chi connectivity index (χ0) is 15.0. The maximum absolute atomic E-state index is 12.6. The van der Waals surface area contributed by atoms with Crippen molar-refractivity contribution in [3.63, 3.8) is 0 Å². The average Bonchev–Trinajstić information content (AvgIpc) is 2.69. The van der Waals surface area contributed by atoms with Crippen molar-refractivity contribution in [1.82, 2.24) is 19.3 Å². The van der Waals surface area contributed by atoms with Crippen LogP contribution >= 0.6 is 11.6 Å².